The molecule has 2 rings (SSSR count). The summed E-state index contributed by atoms with van der Waals surface area (Å²) >= 11 is 4.85. The molecule has 0 aliphatic carbocycles. The Labute approximate surface area is 116 Å². The average Bonchev–Trinajstić information content (AvgIpc) is 2.75. The van der Waals surface area contributed by atoms with Gasteiger partial charge in [-0.05, 0) is 28.1 Å². The topological polar surface area (TPSA) is 66.8 Å². The van der Waals surface area contributed by atoms with Crippen LogP contribution in [0.5, 0.6) is 0 Å². The summed E-state index contributed by atoms with van der Waals surface area (Å²) < 4.78 is 6.06. The number of morpholine rings is 1. The van der Waals surface area contributed by atoms with Gasteiger partial charge in [0.15, 0.2) is 6.10 Å². The van der Waals surface area contributed by atoms with Crippen LogP contribution in [0.15, 0.2) is 15.9 Å². The molecule has 0 aromatic carbocycles. The Kier molecular flexibility index (Phi) is 4.36. The van der Waals surface area contributed by atoms with E-state index in [4.69, 9.17) is 9.84 Å². The second-order valence-corrected chi connectivity index (χ2v) is 6.47. The van der Waals surface area contributed by atoms with E-state index in [1.54, 1.807) is 4.90 Å². The van der Waals surface area contributed by atoms with E-state index in [0.29, 0.717) is 13.0 Å². The van der Waals surface area contributed by atoms with Crippen LogP contribution in [0.4, 0.5) is 0 Å². The molecule has 1 aromatic heterocycles. The Bertz CT molecular complexity index is 462. The van der Waals surface area contributed by atoms with Crippen LogP contribution in [0.25, 0.3) is 0 Å². The van der Waals surface area contributed by atoms with E-state index in [0.717, 1.165) is 8.66 Å². The van der Waals surface area contributed by atoms with Gasteiger partial charge in [0, 0.05) is 11.4 Å². The molecule has 18 heavy (non-hydrogen) atoms. The first kappa shape index (κ1) is 13.5. The predicted molar refractivity (Wildman–Crippen MR) is 69.7 cm³/mol. The van der Waals surface area contributed by atoms with Crippen molar-refractivity contribution in [1.82, 2.24) is 4.90 Å². The highest BCUT2D eigenvalue weighted by molar-refractivity contribution is 9.11. The monoisotopic (exact) mass is 333 g/mol. The summed E-state index contributed by atoms with van der Waals surface area (Å²) in [6.07, 6.45) is -0.597. The van der Waals surface area contributed by atoms with Crippen molar-refractivity contribution in [3.8, 4) is 0 Å². The number of ether oxygens (including phenoxy) is 1. The molecule has 1 aliphatic heterocycles. The van der Waals surface area contributed by atoms with Crippen LogP contribution in [-0.2, 0) is 20.7 Å². The smallest absolute Gasteiger partial charge is 0.334 e. The van der Waals surface area contributed by atoms with Gasteiger partial charge in [-0.3, -0.25) is 4.79 Å². The zero-order valence-corrected chi connectivity index (χ0v) is 11.9. The average molecular weight is 334 g/mol. The van der Waals surface area contributed by atoms with Crippen molar-refractivity contribution >= 4 is 39.1 Å². The Hall–Kier alpha value is -0.920. The number of amides is 1. The summed E-state index contributed by atoms with van der Waals surface area (Å²) in [4.78, 5) is 25.3. The minimum Gasteiger partial charge on any atom is -0.479 e. The largest absolute Gasteiger partial charge is 0.479 e. The highest BCUT2D eigenvalue weighted by Crippen LogP contribution is 2.23. The molecule has 2 heterocycles. The van der Waals surface area contributed by atoms with Gasteiger partial charge in [-0.25, -0.2) is 4.79 Å². The normalized spacial score (nSPS) is 19.8. The van der Waals surface area contributed by atoms with E-state index >= 15 is 0 Å². The maximum Gasteiger partial charge on any atom is 0.334 e. The molecule has 1 saturated heterocycles. The fourth-order valence-electron chi connectivity index (χ4n) is 1.73. The number of thiophene rings is 1. The van der Waals surface area contributed by atoms with Gasteiger partial charge in [-0.15, -0.1) is 11.3 Å². The molecule has 0 bridgehead atoms. The van der Waals surface area contributed by atoms with Crippen molar-refractivity contribution in [3.63, 3.8) is 0 Å². The molecule has 0 spiro atoms. The highest BCUT2D eigenvalue weighted by atomic mass is 79.9. The second-order valence-electron chi connectivity index (χ2n) is 3.92. The van der Waals surface area contributed by atoms with E-state index in [1.807, 2.05) is 12.1 Å². The van der Waals surface area contributed by atoms with Crippen LogP contribution in [0, 0.1) is 0 Å². The minimum absolute atomic E-state index is 0.0566. The van der Waals surface area contributed by atoms with Gasteiger partial charge in [-0.2, -0.15) is 0 Å². The van der Waals surface area contributed by atoms with Crippen LogP contribution in [0.2, 0.25) is 0 Å². The highest BCUT2D eigenvalue weighted by Gasteiger charge is 2.28. The lowest BCUT2D eigenvalue weighted by Crippen LogP contribution is -2.48. The van der Waals surface area contributed by atoms with Crippen molar-refractivity contribution in [2.45, 2.75) is 12.5 Å². The molecule has 7 heteroatoms. The third kappa shape index (κ3) is 3.30. The SMILES string of the molecule is O=C(O)C1CN(C(=O)Cc2ccc(Br)s2)CCO1. The van der Waals surface area contributed by atoms with Gasteiger partial charge in [0.05, 0.1) is 23.4 Å². The number of carbonyl (C=O) groups is 2. The van der Waals surface area contributed by atoms with Crippen molar-refractivity contribution in [2.24, 2.45) is 0 Å². The number of rotatable bonds is 3. The molecule has 5 nitrogen and oxygen atoms in total. The molecule has 1 atom stereocenters. The Morgan fingerprint density at radius 2 is 2.33 bits per heavy atom. The number of halogens is 1. The summed E-state index contributed by atoms with van der Waals surface area (Å²) in [5.74, 6) is -1.08. The summed E-state index contributed by atoms with van der Waals surface area (Å²) in [5, 5.41) is 8.86. The fraction of sp³-hybridized carbons (Fsp3) is 0.455. The molecule has 1 N–H and O–H groups in total. The summed E-state index contributed by atoms with van der Waals surface area (Å²) in [6.45, 7) is 0.854. The van der Waals surface area contributed by atoms with Crippen LogP contribution < -0.4 is 0 Å². The summed E-state index contributed by atoms with van der Waals surface area (Å²) in [7, 11) is 0. The molecule has 0 saturated carbocycles. The number of carboxylic acids is 1. The quantitative estimate of drug-likeness (QED) is 0.907. The van der Waals surface area contributed by atoms with Crippen LogP contribution >= 0.6 is 27.3 Å². The second kappa shape index (κ2) is 5.81. The maximum absolute atomic E-state index is 12.0. The number of aliphatic carboxylic acids is 1. The van der Waals surface area contributed by atoms with Gasteiger partial charge in [0.1, 0.15) is 0 Å². The molecule has 98 valence electrons. The molecule has 1 fully saturated rings. The third-order valence-corrected chi connectivity index (χ3v) is 4.27. The number of nitrogens with zero attached hydrogens (tertiary/aromatic N) is 1. The zero-order chi connectivity index (χ0) is 13.1. The van der Waals surface area contributed by atoms with Crippen molar-refractivity contribution < 1.29 is 19.4 Å². The van der Waals surface area contributed by atoms with Crippen molar-refractivity contribution in [3.05, 3.63) is 20.8 Å². The third-order valence-electron chi connectivity index (χ3n) is 2.65. The lowest BCUT2D eigenvalue weighted by atomic mass is 10.2. The first-order chi connectivity index (χ1) is 8.56. The first-order valence-electron chi connectivity index (χ1n) is 5.42. The summed E-state index contributed by atoms with van der Waals surface area (Å²) in [5.41, 5.74) is 0. The number of carboxylic acid groups (broad SMARTS) is 1. The lowest BCUT2D eigenvalue weighted by Gasteiger charge is -2.30. The summed E-state index contributed by atoms with van der Waals surface area (Å²) in [6, 6.07) is 3.79. The van der Waals surface area contributed by atoms with Gasteiger partial charge >= 0.3 is 5.97 Å². The zero-order valence-electron chi connectivity index (χ0n) is 9.47. The van der Waals surface area contributed by atoms with Gasteiger partial charge in [-0.1, -0.05) is 0 Å². The molecule has 0 radical (unpaired) electrons. The van der Waals surface area contributed by atoms with E-state index < -0.39 is 12.1 Å². The maximum atomic E-state index is 12.0. The van der Waals surface area contributed by atoms with Gasteiger partial charge < -0.3 is 14.7 Å². The Balaban J connectivity index is 1.94. The Morgan fingerprint density at radius 1 is 1.56 bits per heavy atom. The van der Waals surface area contributed by atoms with Gasteiger partial charge in [0.25, 0.3) is 0 Å². The number of carbonyl (C=O) groups excluding carboxylic acids is 1. The first-order valence-corrected chi connectivity index (χ1v) is 7.03. The molecule has 1 unspecified atom stereocenters. The lowest BCUT2D eigenvalue weighted by molar-refractivity contribution is -0.159. The van der Waals surface area contributed by atoms with Crippen LogP contribution in [0.1, 0.15) is 4.88 Å². The molecular weight excluding hydrogens is 322 g/mol. The predicted octanol–water partition coefficient (Wildman–Crippen LogP) is 1.37. The van der Waals surface area contributed by atoms with E-state index in [1.165, 1.54) is 11.3 Å². The minimum atomic E-state index is -1.02. The van der Waals surface area contributed by atoms with Gasteiger partial charge in [0.2, 0.25) is 5.91 Å². The standard InChI is InChI=1S/C11H12BrNO4S/c12-9-2-1-7(18-9)5-10(14)13-3-4-17-8(6-13)11(15)16/h1-2,8H,3-6H2,(H,15,16). The number of hydrogen-bond donors (Lipinski definition) is 1. The van der Waals surface area contributed by atoms with Crippen LogP contribution in [0.3, 0.4) is 0 Å². The molecular formula is C11H12BrNO4S. The number of hydrogen-bond acceptors (Lipinski definition) is 4. The van der Waals surface area contributed by atoms with E-state index in [9.17, 15) is 9.59 Å². The molecule has 1 aromatic rings. The van der Waals surface area contributed by atoms with Crippen molar-refractivity contribution in [2.75, 3.05) is 19.7 Å². The van der Waals surface area contributed by atoms with E-state index in [2.05, 4.69) is 15.9 Å². The molecule has 1 amide bonds. The van der Waals surface area contributed by atoms with Crippen molar-refractivity contribution in [1.29, 1.82) is 0 Å². The fourth-order valence-corrected chi connectivity index (χ4v) is 3.21. The Morgan fingerprint density at radius 3 is 2.94 bits per heavy atom. The van der Waals surface area contributed by atoms with E-state index in [-0.39, 0.29) is 19.1 Å². The molecule has 1 aliphatic rings. The van der Waals surface area contributed by atoms with Crippen LogP contribution in [-0.4, -0.2) is 47.7 Å².